The molecular formula is C16H22O2. The second-order valence-corrected chi connectivity index (χ2v) is 5.74. The summed E-state index contributed by atoms with van der Waals surface area (Å²) in [6.45, 7) is 1.68. The van der Waals surface area contributed by atoms with E-state index in [2.05, 4.69) is 18.2 Å². The highest BCUT2D eigenvalue weighted by molar-refractivity contribution is 5.33. The Labute approximate surface area is 109 Å². The van der Waals surface area contributed by atoms with E-state index in [9.17, 15) is 5.11 Å². The van der Waals surface area contributed by atoms with Crippen molar-refractivity contribution >= 4 is 0 Å². The van der Waals surface area contributed by atoms with Gasteiger partial charge in [-0.05, 0) is 48.6 Å². The van der Waals surface area contributed by atoms with Crippen LogP contribution in [0.3, 0.4) is 0 Å². The van der Waals surface area contributed by atoms with E-state index in [0.29, 0.717) is 11.8 Å². The minimum atomic E-state index is -0.312. The Morgan fingerprint density at radius 2 is 2.06 bits per heavy atom. The highest BCUT2D eigenvalue weighted by atomic mass is 16.5. The Morgan fingerprint density at radius 3 is 2.72 bits per heavy atom. The molecule has 0 spiro atoms. The van der Waals surface area contributed by atoms with E-state index in [1.54, 1.807) is 0 Å². The molecule has 2 atom stereocenters. The van der Waals surface area contributed by atoms with Gasteiger partial charge in [-0.25, -0.2) is 0 Å². The highest BCUT2D eigenvalue weighted by Crippen LogP contribution is 2.40. The van der Waals surface area contributed by atoms with Crippen LogP contribution < -0.4 is 0 Å². The van der Waals surface area contributed by atoms with E-state index in [-0.39, 0.29) is 6.10 Å². The third kappa shape index (κ3) is 2.45. The van der Waals surface area contributed by atoms with Gasteiger partial charge in [0.1, 0.15) is 0 Å². The van der Waals surface area contributed by atoms with Gasteiger partial charge in [0.15, 0.2) is 0 Å². The van der Waals surface area contributed by atoms with Crippen molar-refractivity contribution < 1.29 is 9.84 Å². The Balaban J connectivity index is 1.73. The molecule has 2 nitrogen and oxygen atoms in total. The van der Waals surface area contributed by atoms with E-state index in [1.165, 1.54) is 24.8 Å². The monoisotopic (exact) mass is 246 g/mol. The SMILES string of the molecule is OC(CC1CCOC1)c1ccccc1C1CCC1. The van der Waals surface area contributed by atoms with E-state index < -0.39 is 0 Å². The summed E-state index contributed by atoms with van der Waals surface area (Å²) in [6.07, 6.45) is 5.55. The normalized spacial score (nSPS) is 25.9. The molecule has 1 saturated carbocycles. The second-order valence-electron chi connectivity index (χ2n) is 5.74. The summed E-state index contributed by atoms with van der Waals surface area (Å²) in [4.78, 5) is 0. The summed E-state index contributed by atoms with van der Waals surface area (Å²) < 4.78 is 5.39. The Hall–Kier alpha value is -0.860. The van der Waals surface area contributed by atoms with Crippen molar-refractivity contribution in [3.8, 4) is 0 Å². The van der Waals surface area contributed by atoms with Crippen LogP contribution in [0.1, 0.15) is 55.3 Å². The molecule has 18 heavy (non-hydrogen) atoms. The summed E-state index contributed by atoms with van der Waals surface area (Å²) in [5.74, 6) is 1.23. The van der Waals surface area contributed by atoms with Gasteiger partial charge in [-0.1, -0.05) is 30.7 Å². The summed E-state index contributed by atoms with van der Waals surface area (Å²) >= 11 is 0. The van der Waals surface area contributed by atoms with Gasteiger partial charge >= 0.3 is 0 Å². The lowest BCUT2D eigenvalue weighted by Gasteiger charge is -2.29. The number of aliphatic hydroxyl groups is 1. The van der Waals surface area contributed by atoms with Crippen molar-refractivity contribution in [2.45, 2.75) is 44.1 Å². The number of rotatable bonds is 4. The topological polar surface area (TPSA) is 29.5 Å². The molecule has 2 heteroatoms. The predicted octanol–water partition coefficient (Wildman–Crippen LogP) is 3.41. The van der Waals surface area contributed by atoms with Crippen LogP contribution in [-0.4, -0.2) is 18.3 Å². The van der Waals surface area contributed by atoms with Crippen LogP contribution in [0.5, 0.6) is 0 Å². The number of aliphatic hydroxyl groups excluding tert-OH is 1. The third-order valence-electron chi connectivity index (χ3n) is 4.48. The molecule has 0 radical (unpaired) electrons. The average molecular weight is 246 g/mol. The fourth-order valence-corrected chi connectivity index (χ4v) is 3.12. The standard InChI is InChI=1S/C16H22O2/c17-16(10-12-8-9-18-11-12)15-7-2-1-6-14(15)13-4-3-5-13/h1-2,6-7,12-13,16-17H,3-5,8-11H2. The molecule has 1 aliphatic heterocycles. The van der Waals surface area contributed by atoms with Gasteiger partial charge < -0.3 is 9.84 Å². The van der Waals surface area contributed by atoms with Crippen LogP contribution >= 0.6 is 0 Å². The van der Waals surface area contributed by atoms with Gasteiger partial charge in [-0.3, -0.25) is 0 Å². The number of hydrogen-bond acceptors (Lipinski definition) is 2. The van der Waals surface area contributed by atoms with Gasteiger partial charge in [0.25, 0.3) is 0 Å². The molecule has 1 saturated heterocycles. The lowest BCUT2D eigenvalue weighted by atomic mass is 9.77. The fourth-order valence-electron chi connectivity index (χ4n) is 3.12. The maximum Gasteiger partial charge on any atom is 0.0796 e. The molecule has 0 aromatic heterocycles. The zero-order chi connectivity index (χ0) is 12.4. The summed E-state index contributed by atoms with van der Waals surface area (Å²) in [5.41, 5.74) is 2.55. The van der Waals surface area contributed by atoms with Crippen LogP contribution in [0.2, 0.25) is 0 Å². The molecule has 2 fully saturated rings. The highest BCUT2D eigenvalue weighted by Gasteiger charge is 2.26. The lowest BCUT2D eigenvalue weighted by molar-refractivity contribution is 0.128. The molecule has 3 rings (SSSR count). The quantitative estimate of drug-likeness (QED) is 0.882. The Morgan fingerprint density at radius 1 is 1.22 bits per heavy atom. The van der Waals surface area contributed by atoms with Crippen LogP contribution in [0.25, 0.3) is 0 Å². The summed E-state index contributed by atoms with van der Waals surface area (Å²) in [6, 6.07) is 8.45. The molecule has 0 bridgehead atoms. The minimum Gasteiger partial charge on any atom is -0.388 e. The van der Waals surface area contributed by atoms with Gasteiger partial charge in [-0.2, -0.15) is 0 Å². The smallest absolute Gasteiger partial charge is 0.0796 e. The first-order chi connectivity index (χ1) is 8.84. The first kappa shape index (κ1) is 12.2. The average Bonchev–Trinajstić information content (AvgIpc) is 2.80. The lowest BCUT2D eigenvalue weighted by Crippen LogP contribution is -2.15. The zero-order valence-corrected chi connectivity index (χ0v) is 10.8. The van der Waals surface area contributed by atoms with Crippen LogP contribution in [0.4, 0.5) is 0 Å². The number of hydrogen-bond donors (Lipinski definition) is 1. The van der Waals surface area contributed by atoms with Crippen molar-refractivity contribution in [1.82, 2.24) is 0 Å². The maximum absolute atomic E-state index is 10.5. The van der Waals surface area contributed by atoms with Crippen LogP contribution in [-0.2, 0) is 4.74 Å². The van der Waals surface area contributed by atoms with Crippen LogP contribution in [0.15, 0.2) is 24.3 Å². The van der Waals surface area contributed by atoms with Crippen molar-refractivity contribution in [1.29, 1.82) is 0 Å². The Kier molecular flexibility index (Phi) is 3.67. The molecule has 0 amide bonds. The maximum atomic E-state index is 10.5. The van der Waals surface area contributed by atoms with E-state index in [1.807, 2.05) is 6.07 Å². The molecule has 1 N–H and O–H groups in total. The molecule has 98 valence electrons. The second kappa shape index (κ2) is 5.41. The van der Waals surface area contributed by atoms with Gasteiger partial charge in [0.05, 0.1) is 6.10 Å². The Bertz CT molecular complexity index is 392. The molecule has 1 aromatic rings. The first-order valence-corrected chi connectivity index (χ1v) is 7.19. The van der Waals surface area contributed by atoms with Gasteiger partial charge in [0, 0.05) is 13.2 Å². The molecule has 2 unspecified atom stereocenters. The van der Waals surface area contributed by atoms with E-state index in [0.717, 1.165) is 31.6 Å². The third-order valence-corrected chi connectivity index (χ3v) is 4.48. The largest absolute Gasteiger partial charge is 0.388 e. The molecule has 2 aliphatic rings. The van der Waals surface area contributed by atoms with Crippen molar-refractivity contribution in [3.05, 3.63) is 35.4 Å². The van der Waals surface area contributed by atoms with Crippen LogP contribution in [0, 0.1) is 5.92 Å². The van der Waals surface area contributed by atoms with Crippen molar-refractivity contribution in [2.75, 3.05) is 13.2 Å². The number of ether oxygens (including phenoxy) is 1. The van der Waals surface area contributed by atoms with E-state index in [4.69, 9.17) is 4.74 Å². The van der Waals surface area contributed by atoms with E-state index >= 15 is 0 Å². The zero-order valence-electron chi connectivity index (χ0n) is 10.8. The van der Waals surface area contributed by atoms with Gasteiger partial charge in [0.2, 0.25) is 0 Å². The van der Waals surface area contributed by atoms with Crippen molar-refractivity contribution in [2.24, 2.45) is 5.92 Å². The molecule has 1 heterocycles. The molecule has 1 aromatic carbocycles. The first-order valence-electron chi connectivity index (χ1n) is 7.19. The molecular weight excluding hydrogens is 224 g/mol. The molecule has 1 aliphatic carbocycles. The van der Waals surface area contributed by atoms with Gasteiger partial charge in [-0.15, -0.1) is 0 Å². The predicted molar refractivity (Wildman–Crippen MR) is 71.5 cm³/mol. The summed E-state index contributed by atoms with van der Waals surface area (Å²) in [7, 11) is 0. The summed E-state index contributed by atoms with van der Waals surface area (Å²) in [5, 5.41) is 10.5. The van der Waals surface area contributed by atoms with Crippen molar-refractivity contribution in [3.63, 3.8) is 0 Å². The number of benzene rings is 1. The fraction of sp³-hybridized carbons (Fsp3) is 0.625. The minimum absolute atomic E-state index is 0.312.